The zero-order chi connectivity index (χ0) is 15.2. The largest absolute Gasteiger partial charge is 0.497 e. The molecule has 1 heterocycles. The van der Waals surface area contributed by atoms with E-state index in [1.54, 1.807) is 18.1 Å². The molecule has 1 aromatic rings. The molecule has 0 N–H and O–H groups in total. The Bertz CT molecular complexity index is 536. The van der Waals surface area contributed by atoms with Crippen molar-refractivity contribution in [3.63, 3.8) is 0 Å². The van der Waals surface area contributed by atoms with Crippen molar-refractivity contribution in [3.8, 4) is 5.75 Å². The molecule has 2 rings (SSSR count). The highest BCUT2D eigenvalue weighted by atomic mass is 16.5. The van der Waals surface area contributed by atoms with Crippen molar-refractivity contribution in [2.45, 2.75) is 6.42 Å². The molecular formula is C16H19NO4. The normalized spacial score (nSPS) is 18.0. The molecule has 1 amide bonds. The zero-order valence-electron chi connectivity index (χ0n) is 12.2. The number of hydrogen-bond acceptors (Lipinski definition) is 4. The van der Waals surface area contributed by atoms with Gasteiger partial charge < -0.3 is 14.4 Å². The number of benzene rings is 1. The molecule has 112 valence electrons. The Morgan fingerprint density at radius 1 is 1.24 bits per heavy atom. The number of amides is 1. The van der Waals surface area contributed by atoms with Crippen molar-refractivity contribution >= 4 is 18.0 Å². The second-order valence-electron chi connectivity index (χ2n) is 4.90. The summed E-state index contributed by atoms with van der Waals surface area (Å²) in [7, 11) is 2.98. The Morgan fingerprint density at radius 2 is 1.95 bits per heavy atom. The van der Waals surface area contributed by atoms with Crippen LogP contribution in [0, 0.1) is 5.92 Å². The SMILES string of the molecule is COC(=O)C1CCN(C(=O)/C=C/c2ccc(OC)cc2)C1. The molecule has 21 heavy (non-hydrogen) atoms. The molecule has 1 fully saturated rings. The van der Waals surface area contributed by atoms with Crippen molar-refractivity contribution in [2.75, 3.05) is 27.3 Å². The van der Waals surface area contributed by atoms with Gasteiger partial charge in [-0.1, -0.05) is 12.1 Å². The van der Waals surface area contributed by atoms with Crippen LogP contribution in [0.4, 0.5) is 0 Å². The first-order chi connectivity index (χ1) is 10.1. The summed E-state index contributed by atoms with van der Waals surface area (Å²) < 4.78 is 9.78. The quantitative estimate of drug-likeness (QED) is 0.626. The minimum absolute atomic E-state index is 0.0859. The summed E-state index contributed by atoms with van der Waals surface area (Å²) >= 11 is 0. The molecular weight excluding hydrogens is 270 g/mol. The van der Waals surface area contributed by atoms with Crippen LogP contribution in [-0.2, 0) is 14.3 Å². The third kappa shape index (κ3) is 3.84. The molecule has 1 aliphatic heterocycles. The van der Waals surface area contributed by atoms with Gasteiger partial charge in [0.05, 0.1) is 20.1 Å². The Labute approximate surface area is 124 Å². The van der Waals surface area contributed by atoms with Crippen molar-refractivity contribution in [1.29, 1.82) is 0 Å². The Kier molecular flexibility index (Phi) is 4.98. The van der Waals surface area contributed by atoms with Crippen LogP contribution in [-0.4, -0.2) is 44.1 Å². The molecule has 5 heteroatoms. The second kappa shape index (κ2) is 6.92. The maximum Gasteiger partial charge on any atom is 0.310 e. The van der Waals surface area contributed by atoms with Crippen LogP contribution in [0.5, 0.6) is 5.75 Å². The Morgan fingerprint density at radius 3 is 2.57 bits per heavy atom. The molecule has 1 aromatic carbocycles. The molecule has 1 atom stereocenters. The van der Waals surface area contributed by atoms with Crippen LogP contribution >= 0.6 is 0 Å². The van der Waals surface area contributed by atoms with E-state index in [-0.39, 0.29) is 17.8 Å². The number of nitrogens with zero attached hydrogens (tertiary/aromatic N) is 1. The number of likely N-dealkylation sites (tertiary alicyclic amines) is 1. The number of esters is 1. The number of carbonyl (C=O) groups is 2. The molecule has 0 saturated carbocycles. The molecule has 1 saturated heterocycles. The Hall–Kier alpha value is -2.30. The smallest absolute Gasteiger partial charge is 0.310 e. The number of methoxy groups -OCH3 is 2. The maximum absolute atomic E-state index is 12.1. The van der Waals surface area contributed by atoms with E-state index in [9.17, 15) is 9.59 Å². The van der Waals surface area contributed by atoms with E-state index in [0.717, 1.165) is 11.3 Å². The van der Waals surface area contributed by atoms with Crippen LogP contribution < -0.4 is 4.74 Å². The van der Waals surface area contributed by atoms with Crippen LogP contribution in [0.2, 0.25) is 0 Å². The predicted molar refractivity (Wildman–Crippen MR) is 78.7 cm³/mol. The van der Waals surface area contributed by atoms with E-state index in [2.05, 4.69) is 0 Å². The average molecular weight is 289 g/mol. The standard InChI is InChI=1S/C16H19NO4/c1-20-14-6-3-12(4-7-14)5-8-15(18)17-10-9-13(11-17)16(19)21-2/h3-8,13H,9-11H2,1-2H3/b8-5+. The highest BCUT2D eigenvalue weighted by Gasteiger charge is 2.30. The van der Waals surface area contributed by atoms with E-state index in [4.69, 9.17) is 9.47 Å². The summed E-state index contributed by atoms with van der Waals surface area (Å²) in [6.07, 6.45) is 3.95. The van der Waals surface area contributed by atoms with Gasteiger partial charge in [0.25, 0.3) is 0 Å². The zero-order valence-corrected chi connectivity index (χ0v) is 12.2. The predicted octanol–water partition coefficient (Wildman–Crippen LogP) is 1.73. The molecule has 1 unspecified atom stereocenters. The van der Waals surface area contributed by atoms with E-state index in [0.29, 0.717) is 19.5 Å². The van der Waals surface area contributed by atoms with Gasteiger partial charge in [-0.25, -0.2) is 0 Å². The van der Waals surface area contributed by atoms with Gasteiger partial charge in [-0.2, -0.15) is 0 Å². The van der Waals surface area contributed by atoms with Gasteiger partial charge >= 0.3 is 5.97 Å². The summed E-state index contributed by atoms with van der Waals surface area (Å²) in [6, 6.07) is 7.44. The van der Waals surface area contributed by atoms with E-state index >= 15 is 0 Å². The number of hydrogen-bond donors (Lipinski definition) is 0. The van der Waals surface area contributed by atoms with Crippen LogP contribution in [0.25, 0.3) is 6.08 Å². The highest BCUT2D eigenvalue weighted by Crippen LogP contribution is 2.18. The van der Waals surface area contributed by atoms with Crippen LogP contribution in [0.3, 0.4) is 0 Å². The van der Waals surface area contributed by atoms with Gasteiger partial charge in [0.15, 0.2) is 0 Å². The number of ether oxygens (including phenoxy) is 2. The lowest BCUT2D eigenvalue weighted by atomic mass is 10.1. The fourth-order valence-corrected chi connectivity index (χ4v) is 2.31. The molecule has 0 bridgehead atoms. The molecule has 5 nitrogen and oxygen atoms in total. The topological polar surface area (TPSA) is 55.8 Å². The van der Waals surface area contributed by atoms with Crippen molar-refractivity contribution in [2.24, 2.45) is 5.92 Å². The first kappa shape index (κ1) is 15.1. The van der Waals surface area contributed by atoms with Gasteiger partial charge in [0.1, 0.15) is 5.75 Å². The minimum Gasteiger partial charge on any atom is -0.497 e. The molecule has 0 aromatic heterocycles. The first-order valence-electron chi connectivity index (χ1n) is 6.83. The third-order valence-electron chi connectivity index (χ3n) is 3.57. The summed E-state index contributed by atoms with van der Waals surface area (Å²) in [4.78, 5) is 25.2. The molecule has 0 spiro atoms. The lowest BCUT2D eigenvalue weighted by Crippen LogP contribution is -2.28. The highest BCUT2D eigenvalue weighted by molar-refractivity contribution is 5.92. The minimum atomic E-state index is -0.246. The maximum atomic E-state index is 12.1. The van der Waals surface area contributed by atoms with Gasteiger partial charge in [-0.3, -0.25) is 9.59 Å². The van der Waals surface area contributed by atoms with E-state index < -0.39 is 0 Å². The van der Waals surface area contributed by atoms with Crippen LogP contribution in [0.1, 0.15) is 12.0 Å². The summed E-state index contributed by atoms with van der Waals surface area (Å²) in [5, 5.41) is 0. The Balaban J connectivity index is 1.92. The van der Waals surface area contributed by atoms with Gasteiger partial charge in [0, 0.05) is 19.2 Å². The van der Waals surface area contributed by atoms with E-state index in [1.807, 2.05) is 24.3 Å². The van der Waals surface area contributed by atoms with Gasteiger partial charge in [-0.15, -0.1) is 0 Å². The van der Waals surface area contributed by atoms with E-state index in [1.165, 1.54) is 13.2 Å². The average Bonchev–Trinajstić information content (AvgIpc) is 3.02. The number of carbonyl (C=O) groups excluding carboxylic acids is 2. The fourth-order valence-electron chi connectivity index (χ4n) is 2.31. The number of rotatable bonds is 4. The third-order valence-corrected chi connectivity index (χ3v) is 3.57. The van der Waals surface area contributed by atoms with Crippen molar-refractivity contribution in [3.05, 3.63) is 35.9 Å². The lowest BCUT2D eigenvalue weighted by molar-refractivity contribution is -0.145. The van der Waals surface area contributed by atoms with Crippen LogP contribution in [0.15, 0.2) is 30.3 Å². The first-order valence-corrected chi connectivity index (χ1v) is 6.83. The van der Waals surface area contributed by atoms with Gasteiger partial charge in [0.2, 0.25) is 5.91 Å². The molecule has 0 radical (unpaired) electrons. The second-order valence-corrected chi connectivity index (χ2v) is 4.90. The molecule has 0 aliphatic carbocycles. The fraction of sp³-hybridized carbons (Fsp3) is 0.375. The monoisotopic (exact) mass is 289 g/mol. The summed E-state index contributed by atoms with van der Waals surface area (Å²) in [5.41, 5.74) is 0.924. The van der Waals surface area contributed by atoms with Crippen molar-refractivity contribution < 1.29 is 19.1 Å². The summed E-state index contributed by atoms with van der Waals surface area (Å²) in [6.45, 7) is 1.02. The van der Waals surface area contributed by atoms with Gasteiger partial charge in [-0.05, 0) is 30.2 Å². The van der Waals surface area contributed by atoms with Crippen molar-refractivity contribution in [1.82, 2.24) is 4.90 Å². The lowest BCUT2D eigenvalue weighted by Gasteiger charge is -2.13. The summed E-state index contributed by atoms with van der Waals surface area (Å²) in [5.74, 6) is 0.244. The molecule has 1 aliphatic rings.